The zero-order chi connectivity index (χ0) is 15.2. The maximum absolute atomic E-state index is 6.04. The molecule has 0 N–H and O–H groups in total. The first-order valence-corrected chi connectivity index (χ1v) is 7.27. The van der Waals surface area contributed by atoms with Gasteiger partial charge in [-0.05, 0) is 32.1 Å². The van der Waals surface area contributed by atoms with Crippen LogP contribution in [0.15, 0.2) is 18.7 Å². The molecule has 0 saturated carbocycles. The van der Waals surface area contributed by atoms with Crippen LogP contribution in [0.25, 0.3) is 5.95 Å². The van der Waals surface area contributed by atoms with Crippen molar-refractivity contribution >= 4 is 17.5 Å². The van der Waals surface area contributed by atoms with E-state index < -0.39 is 0 Å². The van der Waals surface area contributed by atoms with Gasteiger partial charge in [0.05, 0.1) is 0 Å². The minimum Gasteiger partial charge on any atom is -0.339 e. The van der Waals surface area contributed by atoms with Crippen LogP contribution in [0.2, 0.25) is 5.28 Å². The number of hydrogen-bond acceptors (Lipinski definition) is 6. The number of nitrogens with zero attached hydrogens (tertiary/aromatic N) is 7. The molecular formula is C13H20ClN7. The average Bonchev–Trinajstić information content (AvgIpc) is 2.96. The van der Waals surface area contributed by atoms with Crippen molar-refractivity contribution in [1.82, 2.24) is 29.4 Å². The summed E-state index contributed by atoms with van der Waals surface area (Å²) in [6.07, 6.45) is 6.10. The highest BCUT2D eigenvalue weighted by atomic mass is 35.5. The van der Waals surface area contributed by atoms with Crippen molar-refractivity contribution in [1.29, 1.82) is 0 Å². The Bertz CT molecular complexity index is 556. The van der Waals surface area contributed by atoms with E-state index in [4.69, 9.17) is 11.6 Å². The third-order valence-electron chi connectivity index (χ3n) is 2.91. The lowest BCUT2D eigenvalue weighted by Crippen LogP contribution is -2.34. The van der Waals surface area contributed by atoms with Crippen LogP contribution in [0, 0.1) is 0 Å². The van der Waals surface area contributed by atoms with Crippen LogP contribution in [0.1, 0.15) is 13.3 Å². The Hall–Kier alpha value is -1.73. The Labute approximate surface area is 129 Å². The van der Waals surface area contributed by atoms with Gasteiger partial charge in [-0.25, -0.2) is 4.98 Å². The fourth-order valence-corrected chi connectivity index (χ4v) is 2.02. The molecule has 0 amide bonds. The van der Waals surface area contributed by atoms with Gasteiger partial charge >= 0.3 is 0 Å². The molecule has 0 aliphatic heterocycles. The molecule has 2 aromatic heterocycles. The van der Waals surface area contributed by atoms with Gasteiger partial charge in [-0.15, -0.1) is 0 Å². The predicted molar refractivity (Wildman–Crippen MR) is 83.0 cm³/mol. The molecule has 0 unspecified atom stereocenters. The van der Waals surface area contributed by atoms with E-state index in [2.05, 4.69) is 36.7 Å². The van der Waals surface area contributed by atoms with Gasteiger partial charge < -0.3 is 9.80 Å². The molecule has 0 saturated heterocycles. The highest BCUT2D eigenvalue weighted by Gasteiger charge is 2.13. The van der Waals surface area contributed by atoms with Gasteiger partial charge in [0.25, 0.3) is 0 Å². The number of anilines is 1. The number of aromatic nitrogens is 5. The summed E-state index contributed by atoms with van der Waals surface area (Å²) in [6, 6.07) is 0. The minimum absolute atomic E-state index is 0.189. The zero-order valence-electron chi connectivity index (χ0n) is 12.6. The molecule has 0 aromatic carbocycles. The van der Waals surface area contributed by atoms with Crippen molar-refractivity contribution in [3.63, 3.8) is 0 Å². The minimum atomic E-state index is 0.189. The normalized spacial score (nSPS) is 11.1. The molecule has 0 fully saturated rings. The molecule has 0 spiro atoms. The molecule has 0 bridgehead atoms. The number of rotatable bonds is 7. The number of hydrogen-bond donors (Lipinski definition) is 0. The quantitative estimate of drug-likeness (QED) is 0.772. The molecule has 0 atom stereocenters. The third-order valence-corrected chi connectivity index (χ3v) is 3.08. The summed E-state index contributed by atoms with van der Waals surface area (Å²) in [5.41, 5.74) is 0. The van der Waals surface area contributed by atoms with E-state index >= 15 is 0 Å². The first-order chi connectivity index (χ1) is 10.1. The second kappa shape index (κ2) is 7.33. The molecule has 0 aliphatic carbocycles. The standard InChI is InChI=1S/C13H20ClN7/c1-4-6-20(9-8-19(2)3)12-16-11(14)17-13(18-12)21-7-5-15-10-21/h5,7,10H,4,6,8-9H2,1-3H3. The Morgan fingerprint density at radius 2 is 1.95 bits per heavy atom. The summed E-state index contributed by atoms with van der Waals surface area (Å²) in [5, 5.41) is 0.189. The summed E-state index contributed by atoms with van der Waals surface area (Å²) in [7, 11) is 4.09. The van der Waals surface area contributed by atoms with E-state index in [1.807, 2.05) is 14.1 Å². The maximum atomic E-state index is 6.04. The first-order valence-electron chi connectivity index (χ1n) is 6.89. The Kier molecular flexibility index (Phi) is 5.46. The van der Waals surface area contributed by atoms with E-state index in [1.165, 1.54) is 0 Å². The van der Waals surface area contributed by atoms with Crippen molar-refractivity contribution in [2.75, 3.05) is 38.6 Å². The van der Waals surface area contributed by atoms with E-state index in [1.54, 1.807) is 23.3 Å². The summed E-state index contributed by atoms with van der Waals surface area (Å²) in [6.45, 7) is 4.76. The first kappa shape index (κ1) is 15.7. The monoisotopic (exact) mass is 309 g/mol. The molecule has 114 valence electrons. The van der Waals surface area contributed by atoms with Crippen LogP contribution >= 0.6 is 11.6 Å². The topological polar surface area (TPSA) is 63.0 Å². The third kappa shape index (κ3) is 4.37. The highest BCUT2D eigenvalue weighted by molar-refractivity contribution is 6.28. The van der Waals surface area contributed by atoms with E-state index in [9.17, 15) is 0 Å². The summed E-state index contributed by atoms with van der Waals surface area (Å²) in [5.74, 6) is 1.08. The largest absolute Gasteiger partial charge is 0.339 e. The van der Waals surface area contributed by atoms with Crippen molar-refractivity contribution < 1.29 is 0 Å². The second-order valence-electron chi connectivity index (χ2n) is 4.96. The molecule has 0 aliphatic rings. The number of likely N-dealkylation sites (N-methyl/N-ethyl adjacent to an activating group) is 1. The lowest BCUT2D eigenvalue weighted by molar-refractivity contribution is 0.411. The van der Waals surface area contributed by atoms with Crippen LogP contribution in [0.4, 0.5) is 5.95 Å². The fourth-order valence-electron chi connectivity index (χ4n) is 1.87. The van der Waals surface area contributed by atoms with Crippen LogP contribution in [0.5, 0.6) is 0 Å². The molecule has 2 heterocycles. The van der Waals surface area contributed by atoms with Gasteiger partial charge in [0.1, 0.15) is 6.33 Å². The van der Waals surface area contributed by atoms with E-state index in [0.717, 1.165) is 26.1 Å². The van der Waals surface area contributed by atoms with E-state index in [0.29, 0.717) is 11.9 Å². The van der Waals surface area contributed by atoms with Crippen molar-refractivity contribution in [3.8, 4) is 5.95 Å². The Balaban J connectivity index is 2.27. The van der Waals surface area contributed by atoms with Gasteiger partial charge in [-0.3, -0.25) is 4.57 Å². The highest BCUT2D eigenvalue weighted by Crippen LogP contribution is 2.14. The molecule has 8 heteroatoms. The van der Waals surface area contributed by atoms with Crippen LogP contribution < -0.4 is 4.90 Å². The second-order valence-corrected chi connectivity index (χ2v) is 5.30. The summed E-state index contributed by atoms with van der Waals surface area (Å²) in [4.78, 5) is 21.1. The van der Waals surface area contributed by atoms with Gasteiger partial charge in [0.15, 0.2) is 0 Å². The molecule has 2 aromatic rings. The predicted octanol–water partition coefficient (Wildman–Crippen LogP) is 1.49. The maximum Gasteiger partial charge on any atom is 0.241 e. The molecule has 2 rings (SSSR count). The molecule has 7 nitrogen and oxygen atoms in total. The number of imidazole rings is 1. The lowest BCUT2D eigenvalue weighted by atomic mass is 10.4. The van der Waals surface area contributed by atoms with Crippen LogP contribution in [0.3, 0.4) is 0 Å². The summed E-state index contributed by atoms with van der Waals surface area (Å²) < 4.78 is 1.72. The Morgan fingerprint density at radius 1 is 1.14 bits per heavy atom. The average molecular weight is 310 g/mol. The van der Waals surface area contributed by atoms with Crippen molar-refractivity contribution in [2.45, 2.75) is 13.3 Å². The SMILES string of the molecule is CCCN(CCN(C)C)c1nc(Cl)nc(-n2ccnc2)n1. The van der Waals surface area contributed by atoms with Gasteiger partial charge in [-0.2, -0.15) is 15.0 Å². The van der Waals surface area contributed by atoms with Gasteiger partial charge in [-0.1, -0.05) is 6.92 Å². The van der Waals surface area contributed by atoms with Gasteiger partial charge in [0.2, 0.25) is 17.2 Å². The summed E-state index contributed by atoms with van der Waals surface area (Å²) >= 11 is 6.04. The fraction of sp³-hybridized carbons (Fsp3) is 0.538. The molecule has 0 radical (unpaired) electrons. The van der Waals surface area contributed by atoms with Crippen LogP contribution in [-0.2, 0) is 0 Å². The van der Waals surface area contributed by atoms with Crippen molar-refractivity contribution in [2.24, 2.45) is 0 Å². The van der Waals surface area contributed by atoms with E-state index in [-0.39, 0.29) is 5.28 Å². The molecular weight excluding hydrogens is 290 g/mol. The zero-order valence-corrected chi connectivity index (χ0v) is 13.3. The van der Waals surface area contributed by atoms with Crippen molar-refractivity contribution in [3.05, 3.63) is 24.0 Å². The Morgan fingerprint density at radius 3 is 2.57 bits per heavy atom. The lowest BCUT2D eigenvalue weighted by Gasteiger charge is -2.24. The molecule has 21 heavy (non-hydrogen) atoms. The van der Waals surface area contributed by atoms with Crippen LogP contribution in [-0.4, -0.2) is 63.1 Å². The van der Waals surface area contributed by atoms with Gasteiger partial charge in [0, 0.05) is 32.0 Å². The smallest absolute Gasteiger partial charge is 0.241 e. The number of halogens is 1.